The summed E-state index contributed by atoms with van der Waals surface area (Å²) in [5, 5.41) is 3.27. The van der Waals surface area contributed by atoms with E-state index in [2.05, 4.69) is 12.2 Å². The lowest BCUT2D eigenvalue weighted by atomic mass is 10.3. The van der Waals surface area contributed by atoms with Crippen molar-refractivity contribution in [3.8, 4) is 0 Å². The van der Waals surface area contributed by atoms with E-state index in [1.54, 1.807) is 24.3 Å². The third-order valence-electron chi connectivity index (χ3n) is 2.10. The third-order valence-corrected chi connectivity index (χ3v) is 3.52. The molecule has 1 aromatic heterocycles. The van der Waals surface area contributed by atoms with Crippen LogP contribution in [0.4, 0.5) is 0 Å². The Hall–Kier alpha value is -0.840. The zero-order valence-corrected chi connectivity index (χ0v) is 11.5. The molecule has 0 aliphatic rings. The second-order valence-electron chi connectivity index (χ2n) is 3.43. The highest BCUT2D eigenvalue weighted by Gasteiger charge is 2.06. The summed E-state index contributed by atoms with van der Waals surface area (Å²) in [4.78, 5) is 12.2. The number of carbonyl (C=O) groups is 1. The lowest BCUT2D eigenvalue weighted by Crippen LogP contribution is -2.17. The Kier molecular flexibility index (Phi) is 6.26. The first-order valence-electron chi connectivity index (χ1n) is 5.45. The Balaban J connectivity index is 2.29. The van der Waals surface area contributed by atoms with Crippen molar-refractivity contribution in [2.45, 2.75) is 19.9 Å². The van der Waals surface area contributed by atoms with Crippen molar-refractivity contribution < 1.29 is 9.53 Å². The summed E-state index contributed by atoms with van der Waals surface area (Å²) in [6, 6.07) is 4.10. The van der Waals surface area contributed by atoms with Gasteiger partial charge in [0.25, 0.3) is 0 Å². The highest BCUT2D eigenvalue weighted by molar-refractivity contribution is 7.16. The number of thiophene rings is 1. The van der Waals surface area contributed by atoms with E-state index in [4.69, 9.17) is 16.3 Å². The average Bonchev–Trinajstić information content (AvgIpc) is 2.71. The second-order valence-corrected chi connectivity index (χ2v) is 5.17. The number of hydrogen-bond donors (Lipinski definition) is 1. The molecule has 1 aromatic rings. The van der Waals surface area contributed by atoms with Gasteiger partial charge in [-0.25, -0.2) is 4.79 Å². The molecular formula is C12H16ClNO2S. The summed E-state index contributed by atoms with van der Waals surface area (Å²) < 4.78 is 5.56. The summed E-state index contributed by atoms with van der Waals surface area (Å²) in [7, 11) is 0. The number of esters is 1. The van der Waals surface area contributed by atoms with Gasteiger partial charge in [0.2, 0.25) is 0 Å². The van der Waals surface area contributed by atoms with Crippen LogP contribution in [0.2, 0.25) is 4.34 Å². The smallest absolute Gasteiger partial charge is 0.330 e. The minimum atomic E-state index is -0.305. The van der Waals surface area contributed by atoms with Crippen molar-refractivity contribution in [1.29, 1.82) is 0 Å². The van der Waals surface area contributed by atoms with Crippen LogP contribution in [0, 0.1) is 0 Å². The molecule has 0 aromatic carbocycles. The normalized spacial score (nSPS) is 12.9. The van der Waals surface area contributed by atoms with Crippen LogP contribution in [-0.4, -0.2) is 19.1 Å². The number of rotatable bonds is 6. The number of hydrogen-bond acceptors (Lipinski definition) is 4. The average molecular weight is 274 g/mol. The van der Waals surface area contributed by atoms with Crippen molar-refractivity contribution >= 4 is 28.9 Å². The fraction of sp³-hybridized carbons (Fsp3) is 0.417. The lowest BCUT2D eigenvalue weighted by molar-refractivity contribution is -0.137. The fourth-order valence-electron chi connectivity index (χ4n) is 1.25. The molecule has 0 amide bonds. The molecule has 5 heteroatoms. The molecule has 94 valence electrons. The maximum absolute atomic E-state index is 11.0. The molecule has 0 saturated heterocycles. The Labute approximate surface area is 110 Å². The third kappa shape index (κ3) is 5.35. The Morgan fingerprint density at radius 1 is 1.65 bits per heavy atom. The maximum Gasteiger partial charge on any atom is 0.330 e. The number of carbonyl (C=O) groups excluding carboxylic acids is 1. The van der Waals surface area contributed by atoms with Gasteiger partial charge < -0.3 is 10.1 Å². The summed E-state index contributed by atoms with van der Waals surface area (Å²) in [6.07, 6.45) is 3.19. The molecule has 3 nitrogen and oxygen atoms in total. The first kappa shape index (κ1) is 14.2. The van der Waals surface area contributed by atoms with E-state index >= 15 is 0 Å². The van der Waals surface area contributed by atoms with E-state index in [9.17, 15) is 4.79 Å². The van der Waals surface area contributed by atoms with Gasteiger partial charge in [-0.05, 0) is 26.0 Å². The highest BCUT2D eigenvalue weighted by Crippen LogP contribution is 2.26. The Morgan fingerprint density at radius 3 is 3.00 bits per heavy atom. The molecule has 0 radical (unpaired) electrons. The number of nitrogens with one attached hydrogen (secondary N) is 1. The molecule has 1 unspecified atom stereocenters. The molecule has 1 rings (SSSR count). The first-order valence-corrected chi connectivity index (χ1v) is 6.64. The van der Waals surface area contributed by atoms with E-state index < -0.39 is 0 Å². The minimum Gasteiger partial charge on any atom is -0.463 e. The van der Waals surface area contributed by atoms with Crippen LogP contribution < -0.4 is 5.32 Å². The van der Waals surface area contributed by atoms with Gasteiger partial charge in [-0.3, -0.25) is 0 Å². The Morgan fingerprint density at radius 2 is 2.41 bits per heavy atom. The molecular weight excluding hydrogens is 258 g/mol. The van der Waals surface area contributed by atoms with E-state index in [0.29, 0.717) is 13.2 Å². The molecule has 17 heavy (non-hydrogen) atoms. The van der Waals surface area contributed by atoms with Crippen molar-refractivity contribution in [3.63, 3.8) is 0 Å². The molecule has 0 bridgehead atoms. The van der Waals surface area contributed by atoms with Crippen LogP contribution >= 0.6 is 22.9 Å². The predicted octanol–water partition coefficient (Wildman–Crippen LogP) is 3.17. The van der Waals surface area contributed by atoms with E-state index in [-0.39, 0.29) is 12.0 Å². The zero-order chi connectivity index (χ0) is 12.7. The monoisotopic (exact) mass is 273 g/mol. The van der Waals surface area contributed by atoms with Gasteiger partial charge in [0, 0.05) is 23.5 Å². The van der Waals surface area contributed by atoms with E-state index in [1.807, 2.05) is 12.1 Å². The molecule has 1 atom stereocenters. The van der Waals surface area contributed by atoms with Gasteiger partial charge in [-0.1, -0.05) is 17.7 Å². The van der Waals surface area contributed by atoms with Crippen LogP contribution in [0.15, 0.2) is 24.3 Å². The lowest BCUT2D eigenvalue weighted by Gasteiger charge is -2.09. The summed E-state index contributed by atoms with van der Waals surface area (Å²) in [6.45, 7) is 4.86. The van der Waals surface area contributed by atoms with Crippen LogP contribution in [0.25, 0.3) is 0 Å². The maximum atomic E-state index is 11.0. The predicted molar refractivity (Wildman–Crippen MR) is 71.5 cm³/mol. The SMILES string of the molecule is CCOC(=O)/C=C/CNC(C)c1ccc(Cl)s1. The van der Waals surface area contributed by atoms with Gasteiger partial charge in [0.15, 0.2) is 0 Å². The van der Waals surface area contributed by atoms with E-state index in [0.717, 1.165) is 4.34 Å². The molecule has 0 aliphatic heterocycles. The summed E-state index contributed by atoms with van der Waals surface area (Å²) >= 11 is 7.41. The molecule has 0 fully saturated rings. The van der Waals surface area contributed by atoms with Crippen molar-refractivity contribution in [3.05, 3.63) is 33.5 Å². The molecule has 1 N–H and O–H groups in total. The largest absolute Gasteiger partial charge is 0.463 e. The van der Waals surface area contributed by atoms with Crippen molar-refractivity contribution in [1.82, 2.24) is 5.32 Å². The van der Waals surface area contributed by atoms with Gasteiger partial charge in [0.05, 0.1) is 10.9 Å². The van der Waals surface area contributed by atoms with Crippen LogP contribution in [0.3, 0.4) is 0 Å². The molecule has 1 heterocycles. The first-order chi connectivity index (χ1) is 8.13. The number of halogens is 1. The fourth-order valence-corrected chi connectivity index (χ4v) is 2.34. The van der Waals surface area contributed by atoms with Crippen LogP contribution in [0.1, 0.15) is 24.8 Å². The summed E-state index contributed by atoms with van der Waals surface area (Å²) in [5.41, 5.74) is 0. The molecule has 0 spiro atoms. The molecule has 0 aliphatic carbocycles. The molecule has 0 saturated carbocycles. The van der Waals surface area contributed by atoms with E-state index in [1.165, 1.54) is 11.0 Å². The van der Waals surface area contributed by atoms with Crippen molar-refractivity contribution in [2.24, 2.45) is 0 Å². The standard InChI is InChI=1S/C12H16ClNO2S/c1-3-16-12(15)5-4-8-14-9(2)10-6-7-11(13)17-10/h4-7,9,14H,3,8H2,1-2H3/b5-4+. The minimum absolute atomic E-state index is 0.222. The zero-order valence-electron chi connectivity index (χ0n) is 9.90. The van der Waals surface area contributed by atoms with Gasteiger partial charge in [-0.15, -0.1) is 11.3 Å². The van der Waals surface area contributed by atoms with Gasteiger partial charge in [-0.2, -0.15) is 0 Å². The summed E-state index contributed by atoms with van der Waals surface area (Å²) in [5.74, 6) is -0.305. The van der Waals surface area contributed by atoms with Gasteiger partial charge in [0.1, 0.15) is 0 Å². The number of ether oxygens (including phenoxy) is 1. The van der Waals surface area contributed by atoms with Crippen molar-refractivity contribution in [2.75, 3.05) is 13.2 Å². The topological polar surface area (TPSA) is 38.3 Å². The highest BCUT2D eigenvalue weighted by atomic mass is 35.5. The van der Waals surface area contributed by atoms with Crippen LogP contribution in [-0.2, 0) is 9.53 Å². The Bertz CT molecular complexity index is 390. The second kappa shape index (κ2) is 7.48. The van der Waals surface area contributed by atoms with Gasteiger partial charge >= 0.3 is 5.97 Å². The quantitative estimate of drug-likeness (QED) is 0.639. The van der Waals surface area contributed by atoms with Crippen LogP contribution in [0.5, 0.6) is 0 Å².